The van der Waals surface area contributed by atoms with Crippen LogP contribution in [0.25, 0.3) is 0 Å². The van der Waals surface area contributed by atoms with Crippen LogP contribution in [0.3, 0.4) is 0 Å². The van der Waals surface area contributed by atoms with E-state index in [-0.39, 0.29) is 6.42 Å². The molecule has 0 aliphatic carbocycles. The summed E-state index contributed by atoms with van der Waals surface area (Å²) in [5.41, 5.74) is 7.62. The first-order valence-corrected chi connectivity index (χ1v) is 8.64. The quantitative estimate of drug-likeness (QED) is 0.618. The highest BCUT2D eigenvalue weighted by Crippen LogP contribution is 2.15. The van der Waals surface area contributed by atoms with E-state index >= 15 is 0 Å². The number of rotatable bonds is 8. The average Bonchev–Trinajstić information content (AvgIpc) is 2.66. The fourth-order valence-electron chi connectivity index (χ4n) is 2.59. The van der Waals surface area contributed by atoms with Crippen molar-refractivity contribution in [3.05, 3.63) is 65.7 Å². The number of ether oxygens (including phenoxy) is 1. The van der Waals surface area contributed by atoms with Crippen molar-refractivity contribution >= 4 is 23.6 Å². The van der Waals surface area contributed by atoms with Crippen molar-refractivity contribution < 1.29 is 19.1 Å². The van der Waals surface area contributed by atoms with Crippen molar-refractivity contribution in [1.82, 2.24) is 5.32 Å². The van der Waals surface area contributed by atoms with E-state index in [9.17, 15) is 14.4 Å². The summed E-state index contributed by atoms with van der Waals surface area (Å²) in [6.45, 7) is 1.53. The summed E-state index contributed by atoms with van der Waals surface area (Å²) >= 11 is 0. The number of benzene rings is 2. The first-order chi connectivity index (χ1) is 13.0. The Morgan fingerprint density at radius 1 is 1.04 bits per heavy atom. The van der Waals surface area contributed by atoms with Gasteiger partial charge in [0.1, 0.15) is 6.04 Å². The second-order valence-electron chi connectivity index (χ2n) is 5.92. The number of nitrogens with two attached hydrogens (primary N) is 1. The predicted molar refractivity (Wildman–Crippen MR) is 102 cm³/mol. The molecule has 2 rings (SSSR count). The molecule has 0 unspecified atom stereocenters. The molecule has 4 N–H and O–H groups in total. The van der Waals surface area contributed by atoms with E-state index in [2.05, 4.69) is 10.6 Å². The number of hydrogen-bond donors (Lipinski definition) is 3. The van der Waals surface area contributed by atoms with Crippen LogP contribution >= 0.6 is 0 Å². The summed E-state index contributed by atoms with van der Waals surface area (Å²) in [4.78, 5) is 35.6. The molecular formula is C20H23N3O4. The van der Waals surface area contributed by atoms with Crippen LogP contribution in [0, 0.1) is 0 Å². The SMILES string of the molecule is CCc1ccccc1NC(=O)COC(=O)[C@H](Cc1ccccc1)NC(N)=O. The highest BCUT2D eigenvalue weighted by Gasteiger charge is 2.22. The molecule has 0 radical (unpaired) electrons. The Morgan fingerprint density at radius 2 is 1.70 bits per heavy atom. The lowest BCUT2D eigenvalue weighted by Crippen LogP contribution is -2.46. The van der Waals surface area contributed by atoms with Gasteiger partial charge in [0.15, 0.2) is 6.61 Å². The smallest absolute Gasteiger partial charge is 0.329 e. The van der Waals surface area contributed by atoms with E-state index in [0.29, 0.717) is 5.69 Å². The van der Waals surface area contributed by atoms with Gasteiger partial charge in [-0.25, -0.2) is 9.59 Å². The number of hydrogen-bond acceptors (Lipinski definition) is 4. The Kier molecular flexibility index (Phi) is 7.37. The molecule has 27 heavy (non-hydrogen) atoms. The van der Waals surface area contributed by atoms with Crippen molar-refractivity contribution in [3.8, 4) is 0 Å². The van der Waals surface area contributed by atoms with Gasteiger partial charge in [0.25, 0.3) is 5.91 Å². The van der Waals surface area contributed by atoms with Crippen LogP contribution in [0.1, 0.15) is 18.1 Å². The Hall–Kier alpha value is -3.35. The monoisotopic (exact) mass is 369 g/mol. The number of anilines is 1. The average molecular weight is 369 g/mol. The number of para-hydroxylation sites is 1. The minimum atomic E-state index is -0.972. The largest absolute Gasteiger partial charge is 0.454 e. The van der Waals surface area contributed by atoms with Gasteiger partial charge < -0.3 is 21.1 Å². The molecule has 7 nitrogen and oxygen atoms in total. The van der Waals surface area contributed by atoms with E-state index in [0.717, 1.165) is 17.5 Å². The van der Waals surface area contributed by atoms with Gasteiger partial charge in [-0.1, -0.05) is 55.5 Å². The number of aryl methyl sites for hydroxylation is 1. The lowest BCUT2D eigenvalue weighted by atomic mass is 10.1. The summed E-state index contributed by atoms with van der Waals surface area (Å²) in [5.74, 6) is -1.18. The molecule has 2 aromatic carbocycles. The first-order valence-electron chi connectivity index (χ1n) is 8.64. The molecular weight excluding hydrogens is 346 g/mol. The summed E-state index contributed by atoms with van der Waals surface area (Å²) in [7, 11) is 0. The molecule has 0 saturated carbocycles. The fraction of sp³-hybridized carbons (Fsp3) is 0.250. The number of amides is 3. The van der Waals surface area contributed by atoms with Crippen molar-refractivity contribution in [1.29, 1.82) is 0 Å². The highest BCUT2D eigenvalue weighted by atomic mass is 16.5. The van der Waals surface area contributed by atoms with Crippen molar-refractivity contribution in [2.45, 2.75) is 25.8 Å². The zero-order valence-corrected chi connectivity index (χ0v) is 15.1. The summed E-state index contributed by atoms with van der Waals surface area (Å²) in [5, 5.41) is 5.07. The number of carbonyl (C=O) groups excluding carboxylic acids is 3. The third-order valence-corrected chi connectivity index (χ3v) is 3.90. The first kappa shape index (κ1) is 20.0. The molecule has 0 spiro atoms. The van der Waals surface area contributed by atoms with Crippen LogP contribution in [0.2, 0.25) is 0 Å². The number of nitrogens with one attached hydrogen (secondary N) is 2. The number of primary amides is 1. The van der Waals surface area contributed by atoms with Crippen LogP contribution < -0.4 is 16.4 Å². The Bertz CT molecular complexity index is 793. The lowest BCUT2D eigenvalue weighted by molar-refractivity contribution is -0.149. The third kappa shape index (κ3) is 6.47. The molecule has 0 heterocycles. The van der Waals surface area contributed by atoms with Gasteiger partial charge >= 0.3 is 12.0 Å². The molecule has 142 valence electrons. The van der Waals surface area contributed by atoms with E-state index in [1.54, 1.807) is 6.07 Å². The highest BCUT2D eigenvalue weighted by molar-refractivity contribution is 5.94. The number of urea groups is 1. The van der Waals surface area contributed by atoms with Crippen LogP contribution in [0.15, 0.2) is 54.6 Å². The molecule has 0 aliphatic rings. The number of carbonyl (C=O) groups is 3. The molecule has 0 fully saturated rings. The summed E-state index contributed by atoms with van der Waals surface area (Å²) in [6, 6.07) is 14.7. The fourth-order valence-corrected chi connectivity index (χ4v) is 2.59. The molecule has 0 bridgehead atoms. The van der Waals surface area contributed by atoms with Gasteiger partial charge in [-0.3, -0.25) is 4.79 Å². The normalized spacial score (nSPS) is 11.3. The Balaban J connectivity index is 1.94. The van der Waals surface area contributed by atoms with E-state index in [1.807, 2.05) is 55.5 Å². The third-order valence-electron chi connectivity index (χ3n) is 3.90. The maximum absolute atomic E-state index is 12.3. The molecule has 7 heteroatoms. The second-order valence-corrected chi connectivity index (χ2v) is 5.92. The minimum Gasteiger partial charge on any atom is -0.454 e. The summed E-state index contributed by atoms with van der Waals surface area (Å²) < 4.78 is 5.06. The lowest BCUT2D eigenvalue weighted by Gasteiger charge is -2.17. The maximum Gasteiger partial charge on any atom is 0.329 e. The summed E-state index contributed by atoms with van der Waals surface area (Å²) in [6.07, 6.45) is 0.973. The molecule has 0 saturated heterocycles. The zero-order valence-electron chi connectivity index (χ0n) is 15.1. The van der Waals surface area contributed by atoms with Gasteiger partial charge in [-0.05, 0) is 23.6 Å². The van der Waals surface area contributed by atoms with Crippen LogP contribution in [0.5, 0.6) is 0 Å². The van der Waals surface area contributed by atoms with Gasteiger partial charge in [-0.2, -0.15) is 0 Å². The molecule has 3 amide bonds. The van der Waals surface area contributed by atoms with Gasteiger partial charge in [0.2, 0.25) is 0 Å². The van der Waals surface area contributed by atoms with Gasteiger partial charge in [0, 0.05) is 12.1 Å². The standard InChI is InChI=1S/C20H23N3O4/c1-2-15-10-6-7-11-16(15)22-18(24)13-27-19(25)17(23-20(21)26)12-14-8-4-3-5-9-14/h3-11,17H,2,12-13H2,1H3,(H,22,24)(H3,21,23,26)/t17-/m0/s1. The second kappa shape index (κ2) is 9.96. The maximum atomic E-state index is 12.3. The predicted octanol–water partition coefficient (Wildman–Crippen LogP) is 2.01. The van der Waals surface area contributed by atoms with Crippen molar-refractivity contribution in [2.75, 3.05) is 11.9 Å². The minimum absolute atomic E-state index is 0.211. The topological polar surface area (TPSA) is 111 Å². The van der Waals surface area contributed by atoms with Gasteiger partial charge in [0.05, 0.1) is 0 Å². The Labute approximate surface area is 157 Å². The molecule has 1 atom stereocenters. The number of esters is 1. The molecule has 0 aliphatic heterocycles. The van der Waals surface area contributed by atoms with E-state index in [1.165, 1.54) is 0 Å². The van der Waals surface area contributed by atoms with Crippen LogP contribution in [0.4, 0.5) is 10.5 Å². The van der Waals surface area contributed by atoms with Crippen molar-refractivity contribution in [3.63, 3.8) is 0 Å². The molecule has 0 aromatic heterocycles. The Morgan fingerprint density at radius 3 is 2.37 bits per heavy atom. The van der Waals surface area contributed by atoms with Crippen molar-refractivity contribution in [2.24, 2.45) is 5.73 Å². The van der Waals surface area contributed by atoms with Crippen LogP contribution in [-0.2, 0) is 27.2 Å². The zero-order chi connectivity index (χ0) is 19.6. The molecule has 2 aromatic rings. The van der Waals surface area contributed by atoms with Gasteiger partial charge in [-0.15, -0.1) is 0 Å². The van der Waals surface area contributed by atoms with E-state index in [4.69, 9.17) is 10.5 Å². The van der Waals surface area contributed by atoms with E-state index < -0.39 is 30.6 Å². The van der Waals surface area contributed by atoms with Crippen LogP contribution in [-0.4, -0.2) is 30.6 Å².